The van der Waals surface area contributed by atoms with Crippen LogP contribution < -0.4 is 22.5 Å². The molecule has 0 aliphatic carbocycles. The number of ether oxygens (including phenoxy) is 2. The number of nitrogens with two attached hydrogens (primary N) is 3. The molecule has 11 N–H and O–H groups in total. The van der Waals surface area contributed by atoms with Crippen LogP contribution in [-0.2, 0) is 38.2 Å². The molecule has 0 bridgehead atoms. The maximum absolute atomic E-state index is 14.1. The fourth-order valence-corrected chi connectivity index (χ4v) is 7.89. The lowest BCUT2D eigenvalue weighted by atomic mass is 9.84. The van der Waals surface area contributed by atoms with Crippen molar-refractivity contribution in [1.29, 1.82) is 0 Å². The molecule has 0 aromatic carbocycles. The van der Waals surface area contributed by atoms with Crippen molar-refractivity contribution in [2.24, 2.45) is 17.2 Å². The summed E-state index contributed by atoms with van der Waals surface area (Å²) >= 11 is 0. The van der Waals surface area contributed by atoms with E-state index in [0.29, 0.717) is 12.8 Å². The van der Waals surface area contributed by atoms with Crippen LogP contribution in [0.4, 0.5) is 0 Å². The molecule has 4 amide bonds. The lowest BCUT2D eigenvalue weighted by Gasteiger charge is -2.42. The number of carbonyl (C=O) groups is 6. The molecule has 1 fully saturated rings. The molecule has 9 atom stereocenters. The van der Waals surface area contributed by atoms with Crippen LogP contribution in [0.5, 0.6) is 0 Å². The second-order valence-corrected chi connectivity index (χ2v) is 17.1. The van der Waals surface area contributed by atoms with Gasteiger partial charge in [-0.05, 0) is 52.5 Å². The number of aliphatic hydroxyl groups is 3. The number of Topliss-reactive ketones (excluding diaryl/α,β-unsaturated/α-hetero) is 1. The van der Waals surface area contributed by atoms with E-state index in [0.717, 1.165) is 35.5 Å². The van der Waals surface area contributed by atoms with Crippen LogP contribution in [0.2, 0.25) is 0 Å². The number of carbonyl (C=O) groups excluding carboxylic acids is 5. The zero-order chi connectivity index (χ0) is 46.8. The zero-order valence-corrected chi connectivity index (χ0v) is 38.3. The standard InChI is InChI=1S/C44H82N6O12/c1-6-7-8-9-10-11-12-13-14-15-16-17-18-19-20-23-36(54)48-44(43(59)60,26-21-22-27-45)35(53)25-24-33(40(47)56)50(41(57)31(3)49(5)32(4)52)28-30(2)61-39-37(46)42(58)62-34(29-51)38(39)55/h30-31,33-34,37-39,42,51,55,58H,6-29,45-46H2,1-5H3,(H2,47,56)(H,48,54)(H,59,60)/t30?,31-,33+,34+,37+,38+,39+,42-,44+/m0/s1. The number of carboxylic acids is 1. The summed E-state index contributed by atoms with van der Waals surface area (Å²) in [6, 6.07) is -3.94. The fraction of sp³-hybridized carbons (Fsp3) is 0.864. The Morgan fingerprint density at radius 2 is 1.37 bits per heavy atom. The third-order valence-electron chi connectivity index (χ3n) is 12.0. The summed E-state index contributed by atoms with van der Waals surface area (Å²) < 4.78 is 11.1. The smallest absolute Gasteiger partial charge is 0.337 e. The number of unbranched alkanes of at least 4 members (excludes halogenated alkanes) is 15. The summed E-state index contributed by atoms with van der Waals surface area (Å²) in [7, 11) is 1.38. The molecule has 1 rings (SSSR count). The molecule has 1 heterocycles. The van der Waals surface area contributed by atoms with Crippen LogP contribution in [0.25, 0.3) is 0 Å². The molecule has 0 aromatic heterocycles. The lowest BCUT2D eigenvalue weighted by Crippen LogP contribution is -2.64. The Hall–Kier alpha value is -3.26. The van der Waals surface area contributed by atoms with E-state index in [2.05, 4.69) is 12.2 Å². The van der Waals surface area contributed by atoms with Gasteiger partial charge in [0.05, 0.1) is 18.8 Å². The van der Waals surface area contributed by atoms with Gasteiger partial charge in [-0.3, -0.25) is 24.0 Å². The number of primary amides is 1. The first kappa shape index (κ1) is 56.8. The van der Waals surface area contributed by atoms with E-state index in [9.17, 15) is 49.2 Å². The molecule has 0 aromatic rings. The van der Waals surface area contributed by atoms with Gasteiger partial charge in [-0.1, -0.05) is 96.8 Å². The molecule has 62 heavy (non-hydrogen) atoms. The van der Waals surface area contributed by atoms with Crippen molar-refractivity contribution in [1.82, 2.24) is 15.1 Å². The van der Waals surface area contributed by atoms with Crippen molar-refractivity contribution in [3.05, 3.63) is 0 Å². The SMILES string of the molecule is CCCCCCCCCCCCCCCCCC(=O)N[C@@](CCCCN)(C(=O)O)C(=O)CC[C@H](C(N)=O)N(CC(C)O[C@@H]1[C@@H](N)[C@@H](O)O[C@H](CO)[C@H]1O)C(=O)[C@H](C)N(C)C(C)=O. The Labute approximate surface area is 369 Å². The number of hydrogen-bond donors (Lipinski definition) is 8. The van der Waals surface area contributed by atoms with Crippen molar-refractivity contribution in [3.8, 4) is 0 Å². The quantitative estimate of drug-likeness (QED) is 0.0335. The van der Waals surface area contributed by atoms with Crippen LogP contribution in [-0.4, -0.2) is 147 Å². The fourth-order valence-electron chi connectivity index (χ4n) is 7.89. The minimum atomic E-state index is -2.34. The first-order valence-corrected chi connectivity index (χ1v) is 23.0. The summed E-state index contributed by atoms with van der Waals surface area (Å²) in [5, 5.41) is 43.7. The summed E-state index contributed by atoms with van der Waals surface area (Å²) in [6.07, 6.45) is 9.84. The summed E-state index contributed by atoms with van der Waals surface area (Å²) in [6.45, 7) is 5.53. The molecular weight excluding hydrogens is 805 g/mol. The number of nitrogens with zero attached hydrogens (tertiary/aromatic N) is 2. The maximum Gasteiger partial charge on any atom is 0.337 e. The van der Waals surface area contributed by atoms with Gasteiger partial charge in [0.1, 0.15) is 30.4 Å². The topological polar surface area (TPSA) is 298 Å². The van der Waals surface area contributed by atoms with E-state index in [1.165, 1.54) is 92.0 Å². The minimum Gasteiger partial charge on any atom is -0.479 e. The number of ketones is 1. The van der Waals surface area contributed by atoms with Gasteiger partial charge in [-0.2, -0.15) is 0 Å². The molecular formula is C44H82N6O12. The zero-order valence-electron chi connectivity index (χ0n) is 38.3. The molecule has 0 radical (unpaired) electrons. The average Bonchev–Trinajstić information content (AvgIpc) is 3.23. The first-order chi connectivity index (χ1) is 29.4. The second kappa shape index (κ2) is 30.8. The lowest BCUT2D eigenvalue weighted by molar-refractivity contribution is -0.263. The van der Waals surface area contributed by atoms with Crippen molar-refractivity contribution in [2.45, 2.75) is 217 Å². The molecule has 1 saturated heterocycles. The highest BCUT2D eigenvalue weighted by molar-refractivity contribution is 6.10. The van der Waals surface area contributed by atoms with Crippen molar-refractivity contribution < 1.29 is 58.7 Å². The highest BCUT2D eigenvalue weighted by atomic mass is 16.6. The van der Waals surface area contributed by atoms with Crippen molar-refractivity contribution in [3.63, 3.8) is 0 Å². The Morgan fingerprint density at radius 1 is 0.839 bits per heavy atom. The number of hydrogen-bond acceptors (Lipinski definition) is 13. The summed E-state index contributed by atoms with van der Waals surface area (Å²) in [5.41, 5.74) is 15.2. The van der Waals surface area contributed by atoms with Gasteiger partial charge in [-0.25, -0.2) is 4.79 Å². The molecule has 1 aliphatic rings. The van der Waals surface area contributed by atoms with Gasteiger partial charge in [0, 0.05) is 33.4 Å². The predicted octanol–water partition coefficient (Wildman–Crippen LogP) is 2.39. The van der Waals surface area contributed by atoms with Crippen LogP contribution in [0.1, 0.15) is 163 Å². The molecule has 18 nitrogen and oxygen atoms in total. The molecule has 18 heteroatoms. The Balaban J connectivity index is 3.08. The number of aliphatic carboxylic acids is 1. The monoisotopic (exact) mass is 887 g/mol. The van der Waals surface area contributed by atoms with Gasteiger partial charge in [-0.15, -0.1) is 0 Å². The third kappa shape index (κ3) is 19.2. The largest absolute Gasteiger partial charge is 0.479 e. The van der Waals surface area contributed by atoms with E-state index >= 15 is 0 Å². The number of nitrogens with one attached hydrogen (secondary N) is 1. The highest BCUT2D eigenvalue weighted by Gasteiger charge is 2.48. The normalized spacial score (nSPS) is 21.3. The summed E-state index contributed by atoms with van der Waals surface area (Å²) in [4.78, 5) is 81.9. The van der Waals surface area contributed by atoms with E-state index in [1.54, 1.807) is 0 Å². The van der Waals surface area contributed by atoms with Gasteiger partial charge in [0.25, 0.3) is 0 Å². The second-order valence-electron chi connectivity index (χ2n) is 17.1. The van der Waals surface area contributed by atoms with Gasteiger partial charge < -0.3 is 62.2 Å². The third-order valence-corrected chi connectivity index (χ3v) is 12.0. The van der Waals surface area contributed by atoms with Gasteiger partial charge >= 0.3 is 5.97 Å². The highest BCUT2D eigenvalue weighted by Crippen LogP contribution is 2.25. The number of aliphatic hydroxyl groups excluding tert-OH is 3. The van der Waals surface area contributed by atoms with Crippen molar-refractivity contribution >= 4 is 35.4 Å². The van der Waals surface area contributed by atoms with E-state index < -0.39 is 116 Å². The van der Waals surface area contributed by atoms with Crippen molar-refractivity contribution in [2.75, 3.05) is 26.7 Å². The number of amides is 4. The Morgan fingerprint density at radius 3 is 1.84 bits per heavy atom. The van der Waals surface area contributed by atoms with E-state index in [4.69, 9.17) is 26.7 Å². The number of carboxylic acid groups (broad SMARTS) is 1. The summed E-state index contributed by atoms with van der Waals surface area (Å²) in [5.74, 6) is -5.34. The van der Waals surface area contributed by atoms with Gasteiger partial charge in [0.2, 0.25) is 23.6 Å². The molecule has 360 valence electrons. The maximum atomic E-state index is 14.1. The van der Waals surface area contributed by atoms with Crippen LogP contribution in [0, 0.1) is 0 Å². The molecule has 1 aliphatic heterocycles. The minimum absolute atomic E-state index is 0.0185. The molecule has 0 spiro atoms. The van der Waals surface area contributed by atoms with E-state index in [1.807, 2.05) is 0 Å². The Kier molecular flexibility index (Phi) is 28.2. The predicted molar refractivity (Wildman–Crippen MR) is 234 cm³/mol. The average molecular weight is 887 g/mol. The molecule has 1 unspecified atom stereocenters. The van der Waals surface area contributed by atoms with E-state index in [-0.39, 0.29) is 25.8 Å². The van der Waals surface area contributed by atoms with Gasteiger partial charge in [0.15, 0.2) is 17.6 Å². The number of likely N-dealkylation sites (N-methyl/N-ethyl adjacent to an activating group) is 1. The number of rotatable bonds is 35. The van der Waals surface area contributed by atoms with Crippen LogP contribution >= 0.6 is 0 Å². The molecule has 0 saturated carbocycles. The van der Waals surface area contributed by atoms with Crippen LogP contribution in [0.3, 0.4) is 0 Å². The van der Waals surface area contributed by atoms with Crippen LogP contribution in [0.15, 0.2) is 0 Å². The first-order valence-electron chi connectivity index (χ1n) is 23.0. The Bertz CT molecular complexity index is 1360.